The molecule has 2 unspecified atom stereocenters. The summed E-state index contributed by atoms with van der Waals surface area (Å²) in [5.41, 5.74) is 0.803. The average molecular weight is 313 g/mol. The monoisotopic (exact) mass is 312 g/mol. The molecule has 1 aromatic rings. The lowest BCUT2D eigenvalue weighted by Crippen LogP contribution is -2.40. The Labute approximate surface area is 116 Å². The van der Waals surface area contributed by atoms with Gasteiger partial charge in [-0.05, 0) is 37.4 Å². The van der Waals surface area contributed by atoms with Gasteiger partial charge in [-0.15, -0.1) is 0 Å². The maximum atomic E-state index is 13.8. The molecule has 2 nitrogen and oxygen atoms in total. The number of benzene rings is 1. The normalized spacial score (nSPS) is 28.3. The van der Waals surface area contributed by atoms with E-state index >= 15 is 0 Å². The summed E-state index contributed by atoms with van der Waals surface area (Å²) in [6.45, 7) is 4.03. The largest absolute Gasteiger partial charge is 0.312 e. The predicted octanol–water partition coefficient (Wildman–Crippen LogP) is 2.77. The highest BCUT2D eigenvalue weighted by Crippen LogP contribution is 2.26. The highest BCUT2D eigenvalue weighted by molar-refractivity contribution is 9.10. The quantitative estimate of drug-likeness (QED) is 0.903. The number of hydrogen-bond donors (Lipinski definition) is 1. The summed E-state index contributed by atoms with van der Waals surface area (Å²) < 4.78 is 14.6. The van der Waals surface area contributed by atoms with Gasteiger partial charge in [-0.1, -0.05) is 22.0 Å². The summed E-state index contributed by atoms with van der Waals surface area (Å²) in [5.74, 6) is 0.657. The third-order valence-electron chi connectivity index (χ3n) is 4.08. The Morgan fingerprint density at radius 2 is 2.28 bits per heavy atom. The molecule has 0 saturated carbocycles. The fraction of sp³-hybridized carbons (Fsp3) is 0.571. The van der Waals surface area contributed by atoms with Crippen LogP contribution in [0.25, 0.3) is 0 Å². The van der Waals surface area contributed by atoms with Crippen molar-refractivity contribution in [3.8, 4) is 0 Å². The molecule has 2 atom stereocenters. The fourth-order valence-corrected chi connectivity index (χ4v) is 3.49. The van der Waals surface area contributed by atoms with Crippen LogP contribution < -0.4 is 5.32 Å². The van der Waals surface area contributed by atoms with Gasteiger partial charge in [-0.2, -0.15) is 0 Å². The minimum Gasteiger partial charge on any atom is -0.312 e. The summed E-state index contributed by atoms with van der Waals surface area (Å²) >= 11 is 3.30. The molecule has 2 fully saturated rings. The Morgan fingerprint density at radius 1 is 1.39 bits per heavy atom. The molecule has 3 rings (SSSR count). The van der Waals surface area contributed by atoms with Gasteiger partial charge in [0.1, 0.15) is 5.82 Å². The second kappa shape index (κ2) is 5.27. The lowest BCUT2D eigenvalue weighted by molar-refractivity contribution is 0.308. The molecule has 2 heterocycles. The van der Waals surface area contributed by atoms with Gasteiger partial charge < -0.3 is 5.32 Å². The Bertz CT molecular complexity index is 424. The van der Waals surface area contributed by atoms with Crippen LogP contribution in [0.15, 0.2) is 22.7 Å². The molecule has 4 heteroatoms. The van der Waals surface area contributed by atoms with Crippen molar-refractivity contribution in [1.29, 1.82) is 0 Å². The molecule has 0 bridgehead atoms. The summed E-state index contributed by atoms with van der Waals surface area (Å²) in [4.78, 5) is 2.37. The van der Waals surface area contributed by atoms with Crippen LogP contribution in [0.3, 0.4) is 0 Å². The highest BCUT2D eigenvalue weighted by Gasteiger charge is 2.34. The Hall–Kier alpha value is -0.450. The van der Waals surface area contributed by atoms with E-state index in [1.807, 2.05) is 12.1 Å². The van der Waals surface area contributed by atoms with Crippen LogP contribution in [0.2, 0.25) is 0 Å². The minimum absolute atomic E-state index is 0.104. The van der Waals surface area contributed by atoms with Gasteiger partial charge in [-0.3, -0.25) is 4.90 Å². The number of nitrogens with one attached hydrogen (secondary N) is 1. The second-order valence-corrected chi connectivity index (χ2v) is 6.31. The average Bonchev–Trinajstić information content (AvgIpc) is 2.75. The molecular formula is C14H18BrFN2. The second-order valence-electron chi connectivity index (χ2n) is 5.39. The first-order chi connectivity index (χ1) is 8.72. The van der Waals surface area contributed by atoms with E-state index in [1.165, 1.54) is 12.8 Å². The van der Waals surface area contributed by atoms with Gasteiger partial charge in [0.15, 0.2) is 0 Å². The number of halogens is 2. The van der Waals surface area contributed by atoms with Crippen molar-refractivity contribution < 1.29 is 4.39 Å². The van der Waals surface area contributed by atoms with Crippen molar-refractivity contribution >= 4 is 15.9 Å². The van der Waals surface area contributed by atoms with Crippen molar-refractivity contribution in [2.75, 3.05) is 19.6 Å². The Balaban J connectivity index is 1.66. The van der Waals surface area contributed by atoms with E-state index in [2.05, 4.69) is 26.1 Å². The van der Waals surface area contributed by atoms with E-state index in [4.69, 9.17) is 0 Å². The third kappa shape index (κ3) is 2.60. The zero-order valence-corrected chi connectivity index (χ0v) is 11.9. The third-order valence-corrected chi connectivity index (χ3v) is 4.58. The first-order valence-electron chi connectivity index (χ1n) is 6.62. The number of piperidine rings is 1. The fourth-order valence-electron chi connectivity index (χ4n) is 3.16. The number of nitrogens with zero attached hydrogens (tertiary/aromatic N) is 1. The van der Waals surface area contributed by atoms with Gasteiger partial charge in [0, 0.05) is 35.7 Å². The number of hydrogen-bond acceptors (Lipinski definition) is 2. The summed E-state index contributed by atoms with van der Waals surface area (Å²) in [5, 5.41) is 3.58. The standard InChI is InChI=1S/C14H18BrFN2/c15-12-4-3-10(13(16)6-12)7-18-8-11-2-1-5-17-14(11)9-18/h3-4,6,11,14,17H,1-2,5,7-9H2. The van der Waals surface area contributed by atoms with Crippen LogP contribution in [0.1, 0.15) is 18.4 Å². The number of fused-ring (bicyclic) bond motifs is 1. The molecule has 2 aliphatic heterocycles. The van der Waals surface area contributed by atoms with Crippen LogP contribution in [0.5, 0.6) is 0 Å². The van der Waals surface area contributed by atoms with Gasteiger partial charge in [-0.25, -0.2) is 4.39 Å². The van der Waals surface area contributed by atoms with E-state index in [1.54, 1.807) is 6.07 Å². The minimum atomic E-state index is -0.104. The zero-order chi connectivity index (χ0) is 12.5. The van der Waals surface area contributed by atoms with E-state index < -0.39 is 0 Å². The van der Waals surface area contributed by atoms with E-state index in [-0.39, 0.29) is 5.82 Å². The molecule has 2 saturated heterocycles. The van der Waals surface area contributed by atoms with Crippen molar-refractivity contribution in [2.45, 2.75) is 25.4 Å². The molecule has 98 valence electrons. The summed E-state index contributed by atoms with van der Waals surface area (Å²) in [7, 11) is 0. The smallest absolute Gasteiger partial charge is 0.128 e. The summed E-state index contributed by atoms with van der Waals surface area (Å²) in [6.07, 6.45) is 2.60. The Kier molecular flexibility index (Phi) is 3.68. The first-order valence-corrected chi connectivity index (χ1v) is 7.41. The van der Waals surface area contributed by atoms with Crippen LogP contribution >= 0.6 is 15.9 Å². The maximum Gasteiger partial charge on any atom is 0.128 e. The zero-order valence-electron chi connectivity index (χ0n) is 10.3. The van der Waals surface area contributed by atoms with Crippen molar-refractivity contribution in [1.82, 2.24) is 10.2 Å². The SMILES string of the molecule is Fc1cc(Br)ccc1CN1CC2CCCNC2C1. The lowest BCUT2D eigenvalue weighted by Gasteiger charge is -2.24. The number of rotatable bonds is 2. The van der Waals surface area contributed by atoms with Gasteiger partial charge in [0.05, 0.1) is 0 Å². The van der Waals surface area contributed by atoms with Crippen molar-refractivity contribution in [3.63, 3.8) is 0 Å². The molecule has 1 aromatic carbocycles. The van der Waals surface area contributed by atoms with Crippen LogP contribution in [-0.2, 0) is 6.54 Å². The van der Waals surface area contributed by atoms with Gasteiger partial charge in [0.25, 0.3) is 0 Å². The van der Waals surface area contributed by atoms with Gasteiger partial charge in [0.2, 0.25) is 0 Å². The summed E-state index contributed by atoms with van der Waals surface area (Å²) in [6, 6.07) is 5.97. The molecule has 2 aliphatic rings. The molecule has 1 N–H and O–H groups in total. The molecule has 0 radical (unpaired) electrons. The maximum absolute atomic E-state index is 13.8. The molecule has 0 aromatic heterocycles. The molecule has 0 aliphatic carbocycles. The molecular weight excluding hydrogens is 295 g/mol. The van der Waals surface area contributed by atoms with E-state index in [0.717, 1.165) is 42.1 Å². The van der Waals surface area contributed by atoms with Crippen LogP contribution in [-0.4, -0.2) is 30.6 Å². The van der Waals surface area contributed by atoms with Crippen molar-refractivity contribution in [2.24, 2.45) is 5.92 Å². The van der Waals surface area contributed by atoms with Crippen LogP contribution in [0, 0.1) is 11.7 Å². The van der Waals surface area contributed by atoms with E-state index in [9.17, 15) is 4.39 Å². The Morgan fingerprint density at radius 3 is 3.06 bits per heavy atom. The highest BCUT2D eigenvalue weighted by atomic mass is 79.9. The molecule has 18 heavy (non-hydrogen) atoms. The molecule has 0 amide bonds. The topological polar surface area (TPSA) is 15.3 Å². The van der Waals surface area contributed by atoms with Gasteiger partial charge >= 0.3 is 0 Å². The number of likely N-dealkylation sites (tertiary alicyclic amines) is 1. The van der Waals surface area contributed by atoms with E-state index in [0.29, 0.717) is 6.04 Å². The predicted molar refractivity (Wildman–Crippen MR) is 73.9 cm³/mol. The lowest BCUT2D eigenvalue weighted by atomic mass is 9.94. The van der Waals surface area contributed by atoms with Crippen molar-refractivity contribution in [3.05, 3.63) is 34.1 Å². The van der Waals surface area contributed by atoms with Crippen LogP contribution in [0.4, 0.5) is 4.39 Å². The first kappa shape index (κ1) is 12.6. The molecule has 0 spiro atoms.